The lowest BCUT2D eigenvalue weighted by atomic mass is 9.91. The molecule has 92 valence electrons. The Kier molecular flexibility index (Phi) is 2.56. The fourth-order valence-corrected chi connectivity index (χ4v) is 4.01. The Labute approximate surface area is 100.0 Å². The van der Waals surface area contributed by atoms with Gasteiger partial charge in [0, 0.05) is 30.7 Å². The SMILES string of the molecule is CC1CN2CCCC2CN1C(C)(C)C1CC1. The summed E-state index contributed by atoms with van der Waals surface area (Å²) in [4.78, 5) is 5.54. The number of hydrogen-bond acceptors (Lipinski definition) is 2. The lowest BCUT2D eigenvalue weighted by Crippen LogP contribution is -2.62. The minimum atomic E-state index is 0.452. The van der Waals surface area contributed by atoms with E-state index in [9.17, 15) is 0 Å². The normalized spacial score (nSPS) is 37.7. The second kappa shape index (κ2) is 3.71. The summed E-state index contributed by atoms with van der Waals surface area (Å²) in [6.07, 6.45) is 5.79. The van der Waals surface area contributed by atoms with Crippen LogP contribution in [-0.2, 0) is 0 Å². The fourth-order valence-electron chi connectivity index (χ4n) is 4.01. The van der Waals surface area contributed by atoms with Crippen LogP contribution in [-0.4, -0.2) is 47.1 Å². The molecule has 2 heterocycles. The van der Waals surface area contributed by atoms with Crippen LogP contribution in [0.15, 0.2) is 0 Å². The molecule has 0 bridgehead atoms. The largest absolute Gasteiger partial charge is 0.298 e. The van der Waals surface area contributed by atoms with Crippen molar-refractivity contribution in [1.82, 2.24) is 9.80 Å². The summed E-state index contributed by atoms with van der Waals surface area (Å²) in [5.74, 6) is 0.975. The van der Waals surface area contributed by atoms with E-state index < -0.39 is 0 Å². The molecular formula is C14H26N2. The molecule has 0 aromatic carbocycles. The van der Waals surface area contributed by atoms with Crippen molar-refractivity contribution >= 4 is 0 Å². The van der Waals surface area contributed by atoms with Gasteiger partial charge in [-0.25, -0.2) is 0 Å². The van der Waals surface area contributed by atoms with Gasteiger partial charge in [0.25, 0.3) is 0 Å². The summed E-state index contributed by atoms with van der Waals surface area (Å²) >= 11 is 0. The van der Waals surface area contributed by atoms with Gasteiger partial charge in [-0.05, 0) is 58.9 Å². The summed E-state index contributed by atoms with van der Waals surface area (Å²) in [6, 6.07) is 1.62. The van der Waals surface area contributed by atoms with E-state index in [0.717, 1.165) is 18.0 Å². The molecule has 0 radical (unpaired) electrons. The first-order valence-corrected chi connectivity index (χ1v) is 7.10. The van der Waals surface area contributed by atoms with Crippen molar-refractivity contribution in [1.29, 1.82) is 0 Å². The van der Waals surface area contributed by atoms with Gasteiger partial charge < -0.3 is 0 Å². The van der Waals surface area contributed by atoms with Crippen LogP contribution >= 0.6 is 0 Å². The summed E-state index contributed by atoms with van der Waals surface area (Å²) in [5, 5.41) is 0. The molecule has 0 N–H and O–H groups in total. The third kappa shape index (κ3) is 1.70. The van der Waals surface area contributed by atoms with E-state index in [2.05, 4.69) is 30.6 Å². The van der Waals surface area contributed by atoms with Crippen LogP contribution in [0.3, 0.4) is 0 Å². The maximum atomic E-state index is 2.82. The van der Waals surface area contributed by atoms with Crippen molar-refractivity contribution in [2.75, 3.05) is 19.6 Å². The van der Waals surface area contributed by atoms with E-state index in [-0.39, 0.29) is 0 Å². The Morgan fingerprint density at radius 2 is 1.81 bits per heavy atom. The number of rotatable bonds is 2. The zero-order chi connectivity index (χ0) is 11.3. The van der Waals surface area contributed by atoms with Gasteiger partial charge in [-0.1, -0.05) is 0 Å². The van der Waals surface area contributed by atoms with E-state index in [1.54, 1.807) is 0 Å². The van der Waals surface area contributed by atoms with Gasteiger partial charge in [-0.2, -0.15) is 0 Å². The molecule has 0 aromatic rings. The molecule has 3 rings (SSSR count). The Bertz CT molecular complexity index is 270. The zero-order valence-corrected chi connectivity index (χ0v) is 11.1. The average molecular weight is 222 g/mol. The monoisotopic (exact) mass is 222 g/mol. The van der Waals surface area contributed by atoms with Crippen molar-refractivity contribution in [2.45, 2.75) is 64.1 Å². The molecule has 2 saturated heterocycles. The fraction of sp³-hybridized carbons (Fsp3) is 1.00. The highest BCUT2D eigenvalue weighted by Crippen LogP contribution is 2.44. The van der Waals surface area contributed by atoms with Crippen molar-refractivity contribution < 1.29 is 0 Å². The minimum Gasteiger partial charge on any atom is -0.298 e. The lowest BCUT2D eigenvalue weighted by Gasteiger charge is -2.50. The van der Waals surface area contributed by atoms with Crippen LogP contribution in [0.4, 0.5) is 0 Å². The topological polar surface area (TPSA) is 6.48 Å². The molecule has 1 aliphatic carbocycles. The quantitative estimate of drug-likeness (QED) is 0.707. The van der Waals surface area contributed by atoms with Gasteiger partial charge in [0.1, 0.15) is 0 Å². The standard InChI is InChI=1S/C14H26N2/c1-11-9-15-8-4-5-13(15)10-16(11)14(2,3)12-6-7-12/h11-13H,4-10H2,1-3H3. The second-order valence-electron chi connectivity index (χ2n) is 6.72. The van der Waals surface area contributed by atoms with Crippen LogP contribution < -0.4 is 0 Å². The van der Waals surface area contributed by atoms with E-state index in [1.807, 2.05) is 0 Å². The summed E-state index contributed by atoms with van der Waals surface area (Å²) in [6.45, 7) is 11.4. The lowest BCUT2D eigenvalue weighted by molar-refractivity contribution is -0.0181. The molecule has 0 amide bonds. The van der Waals surface area contributed by atoms with E-state index in [4.69, 9.17) is 0 Å². The van der Waals surface area contributed by atoms with E-state index in [0.29, 0.717) is 5.54 Å². The van der Waals surface area contributed by atoms with Gasteiger partial charge in [-0.3, -0.25) is 9.80 Å². The smallest absolute Gasteiger partial charge is 0.0224 e. The first-order chi connectivity index (χ1) is 7.59. The van der Waals surface area contributed by atoms with E-state index in [1.165, 1.54) is 45.3 Å². The summed E-state index contributed by atoms with van der Waals surface area (Å²) in [5.41, 5.74) is 0.452. The first-order valence-electron chi connectivity index (χ1n) is 7.10. The molecule has 3 aliphatic rings. The van der Waals surface area contributed by atoms with Gasteiger partial charge in [-0.15, -0.1) is 0 Å². The highest BCUT2D eigenvalue weighted by atomic mass is 15.3. The molecule has 1 saturated carbocycles. The number of fused-ring (bicyclic) bond motifs is 1. The molecule has 2 nitrogen and oxygen atoms in total. The third-order valence-corrected chi connectivity index (χ3v) is 5.25. The average Bonchev–Trinajstić information content (AvgIpc) is 2.98. The Balaban J connectivity index is 1.74. The predicted molar refractivity (Wildman–Crippen MR) is 67.6 cm³/mol. The molecule has 0 spiro atoms. The number of hydrogen-bond donors (Lipinski definition) is 0. The van der Waals surface area contributed by atoms with Crippen molar-refractivity contribution in [2.24, 2.45) is 5.92 Å². The molecule has 2 unspecified atom stereocenters. The summed E-state index contributed by atoms with van der Waals surface area (Å²) in [7, 11) is 0. The number of nitrogens with zero attached hydrogens (tertiary/aromatic N) is 2. The molecule has 16 heavy (non-hydrogen) atoms. The Morgan fingerprint density at radius 1 is 1.06 bits per heavy atom. The molecule has 3 fully saturated rings. The van der Waals surface area contributed by atoms with Crippen molar-refractivity contribution in [3.8, 4) is 0 Å². The molecule has 2 heteroatoms. The predicted octanol–water partition coefficient (Wildman–Crippen LogP) is 2.34. The Morgan fingerprint density at radius 3 is 2.50 bits per heavy atom. The highest BCUT2D eigenvalue weighted by molar-refractivity contribution is 5.02. The molecular weight excluding hydrogens is 196 g/mol. The minimum absolute atomic E-state index is 0.452. The Hall–Kier alpha value is -0.0800. The maximum Gasteiger partial charge on any atom is 0.0224 e. The van der Waals surface area contributed by atoms with Crippen LogP contribution in [0.5, 0.6) is 0 Å². The van der Waals surface area contributed by atoms with Crippen molar-refractivity contribution in [3.05, 3.63) is 0 Å². The third-order valence-electron chi connectivity index (χ3n) is 5.25. The van der Waals surface area contributed by atoms with Gasteiger partial charge in [0.05, 0.1) is 0 Å². The van der Waals surface area contributed by atoms with Crippen LogP contribution in [0.25, 0.3) is 0 Å². The van der Waals surface area contributed by atoms with Gasteiger partial charge in [0.2, 0.25) is 0 Å². The molecule has 2 aliphatic heterocycles. The number of piperazine rings is 1. The molecule has 2 atom stereocenters. The van der Waals surface area contributed by atoms with Crippen LogP contribution in [0, 0.1) is 5.92 Å². The second-order valence-corrected chi connectivity index (χ2v) is 6.72. The highest BCUT2D eigenvalue weighted by Gasteiger charge is 2.47. The van der Waals surface area contributed by atoms with Gasteiger partial charge in [0.15, 0.2) is 0 Å². The maximum absolute atomic E-state index is 2.82. The summed E-state index contributed by atoms with van der Waals surface area (Å²) < 4.78 is 0. The van der Waals surface area contributed by atoms with Crippen LogP contribution in [0.2, 0.25) is 0 Å². The van der Waals surface area contributed by atoms with Crippen molar-refractivity contribution in [3.63, 3.8) is 0 Å². The van der Waals surface area contributed by atoms with Gasteiger partial charge >= 0.3 is 0 Å². The van der Waals surface area contributed by atoms with Crippen LogP contribution in [0.1, 0.15) is 46.5 Å². The van der Waals surface area contributed by atoms with E-state index >= 15 is 0 Å². The first kappa shape index (κ1) is 11.0. The molecule has 0 aromatic heterocycles. The zero-order valence-electron chi connectivity index (χ0n) is 11.1.